The summed E-state index contributed by atoms with van der Waals surface area (Å²) in [6.07, 6.45) is 2.06. The van der Waals surface area contributed by atoms with Crippen molar-refractivity contribution in [3.05, 3.63) is 50.1 Å². The average Bonchev–Trinajstić information content (AvgIpc) is 2.94. The van der Waals surface area contributed by atoms with Gasteiger partial charge in [-0.3, -0.25) is 0 Å². The maximum Gasteiger partial charge on any atom is 0.133 e. The Hall–Kier alpha value is -0.510. The predicted octanol–water partition coefficient (Wildman–Crippen LogP) is 6.19. The van der Waals surface area contributed by atoms with E-state index in [1.165, 1.54) is 9.75 Å². The molecule has 1 nitrogen and oxygen atoms in total. The van der Waals surface area contributed by atoms with Crippen LogP contribution < -0.4 is 4.74 Å². The van der Waals surface area contributed by atoms with Crippen LogP contribution in [-0.2, 0) is 6.42 Å². The summed E-state index contributed by atoms with van der Waals surface area (Å²) in [5, 5.41) is -0.100. The van der Waals surface area contributed by atoms with Gasteiger partial charge in [-0.2, -0.15) is 0 Å². The largest absolute Gasteiger partial charge is 0.492 e. The fourth-order valence-electron chi connectivity index (χ4n) is 1.89. The van der Waals surface area contributed by atoms with E-state index in [4.69, 9.17) is 16.3 Å². The Bertz CT molecular complexity index is 567. The average molecular weight is 374 g/mol. The number of aryl methyl sites for hydroxylation is 1. The molecule has 0 amide bonds. The predicted molar refractivity (Wildman–Crippen MR) is 91.3 cm³/mol. The van der Waals surface area contributed by atoms with Crippen molar-refractivity contribution in [1.82, 2.24) is 0 Å². The van der Waals surface area contributed by atoms with Crippen LogP contribution in [0.3, 0.4) is 0 Å². The summed E-state index contributed by atoms with van der Waals surface area (Å²) >= 11 is 11.9. The van der Waals surface area contributed by atoms with Crippen LogP contribution in [-0.4, -0.2) is 6.61 Å². The molecule has 1 atom stereocenters. The number of hydrogen-bond donors (Lipinski definition) is 0. The van der Waals surface area contributed by atoms with Crippen molar-refractivity contribution in [2.75, 3.05) is 6.61 Å². The second-order valence-corrected chi connectivity index (χ2v) is 7.05. The summed E-state index contributed by atoms with van der Waals surface area (Å²) < 4.78 is 6.62. The Labute approximate surface area is 138 Å². The highest BCUT2D eigenvalue weighted by molar-refractivity contribution is 9.10. The summed E-state index contributed by atoms with van der Waals surface area (Å²) in [5.74, 6) is 0.875. The van der Waals surface area contributed by atoms with Gasteiger partial charge in [-0.25, -0.2) is 0 Å². The highest BCUT2D eigenvalue weighted by atomic mass is 79.9. The SMILES string of the molecule is CCCOc1ccc(C(Cl)c2ccc(CC)s2)cc1Br. The number of halogens is 2. The van der Waals surface area contributed by atoms with Crippen LogP contribution in [0.15, 0.2) is 34.8 Å². The lowest BCUT2D eigenvalue weighted by atomic mass is 10.1. The van der Waals surface area contributed by atoms with Gasteiger partial charge in [0.2, 0.25) is 0 Å². The molecule has 4 heteroatoms. The molecular weight excluding hydrogens is 356 g/mol. The lowest BCUT2D eigenvalue weighted by molar-refractivity contribution is 0.315. The van der Waals surface area contributed by atoms with Gasteiger partial charge < -0.3 is 4.74 Å². The molecule has 1 aromatic heterocycles. The zero-order valence-electron chi connectivity index (χ0n) is 11.7. The van der Waals surface area contributed by atoms with Gasteiger partial charge in [0.25, 0.3) is 0 Å². The molecule has 0 saturated heterocycles. The molecule has 0 bridgehead atoms. The molecule has 1 aromatic carbocycles. The van der Waals surface area contributed by atoms with Crippen molar-refractivity contribution in [3.8, 4) is 5.75 Å². The van der Waals surface area contributed by atoms with Gasteiger partial charge in [-0.1, -0.05) is 19.9 Å². The van der Waals surface area contributed by atoms with Gasteiger partial charge in [0.15, 0.2) is 0 Å². The monoisotopic (exact) mass is 372 g/mol. The Kier molecular flexibility index (Phi) is 5.94. The fourth-order valence-corrected chi connectivity index (χ4v) is 3.70. The summed E-state index contributed by atoms with van der Waals surface area (Å²) in [5.41, 5.74) is 1.09. The summed E-state index contributed by atoms with van der Waals surface area (Å²) in [7, 11) is 0. The molecule has 0 radical (unpaired) electrons. The van der Waals surface area contributed by atoms with Crippen molar-refractivity contribution in [2.45, 2.75) is 32.1 Å². The maximum absolute atomic E-state index is 6.58. The zero-order valence-corrected chi connectivity index (χ0v) is 14.8. The van der Waals surface area contributed by atoms with E-state index in [0.29, 0.717) is 0 Å². The second kappa shape index (κ2) is 7.48. The van der Waals surface area contributed by atoms with Gasteiger partial charge >= 0.3 is 0 Å². The minimum atomic E-state index is -0.100. The van der Waals surface area contributed by atoms with E-state index in [9.17, 15) is 0 Å². The van der Waals surface area contributed by atoms with E-state index in [1.807, 2.05) is 18.2 Å². The summed E-state index contributed by atoms with van der Waals surface area (Å²) in [4.78, 5) is 2.56. The molecule has 0 saturated carbocycles. The van der Waals surface area contributed by atoms with Gasteiger partial charge in [0, 0.05) is 9.75 Å². The number of rotatable bonds is 6. The van der Waals surface area contributed by atoms with E-state index < -0.39 is 0 Å². The molecule has 20 heavy (non-hydrogen) atoms. The van der Waals surface area contributed by atoms with Crippen LogP contribution in [0.2, 0.25) is 0 Å². The number of benzene rings is 1. The van der Waals surface area contributed by atoms with Gasteiger partial charge in [-0.15, -0.1) is 22.9 Å². The number of ether oxygens (including phenoxy) is 1. The molecule has 2 aromatic rings. The molecule has 0 aliphatic carbocycles. The topological polar surface area (TPSA) is 9.23 Å². The first kappa shape index (κ1) is 15.9. The highest BCUT2D eigenvalue weighted by Gasteiger charge is 2.15. The lowest BCUT2D eigenvalue weighted by Gasteiger charge is -2.12. The van der Waals surface area contributed by atoms with Gasteiger partial charge in [-0.05, 0) is 58.6 Å². The van der Waals surface area contributed by atoms with Crippen LogP contribution in [0.1, 0.15) is 41.0 Å². The first-order valence-electron chi connectivity index (χ1n) is 6.80. The van der Waals surface area contributed by atoms with Crippen LogP contribution in [0.4, 0.5) is 0 Å². The normalized spacial score (nSPS) is 12.4. The van der Waals surface area contributed by atoms with Crippen molar-refractivity contribution in [1.29, 1.82) is 0 Å². The third-order valence-corrected chi connectivity index (χ3v) is 5.52. The van der Waals surface area contributed by atoms with Crippen LogP contribution in [0.25, 0.3) is 0 Å². The number of alkyl halides is 1. The second-order valence-electron chi connectivity index (χ2n) is 4.56. The molecule has 0 fully saturated rings. The highest BCUT2D eigenvalue weighted by Crippen LogP contribution is 2.37. The van der Waals surface area contributed by atoms with Crippen LogP contribution >= 0.6 is 38.9 Å². The fraction of sp³-hybridized carbons (Fsp3) is 0.375. The van der Waals surface area contributed by atoms with E-state index >= 15 is 0 Å². The standard InChI is InChI=1S/C16H18BrClOS/c1-3-9-19-14-7-5-11(10-13(14)17)16(18)15-8-6-12(4-2)20-15/h5-8,10,16H,3-4,9H2,1-2H3. The van der Waals surface area contributed by atoms with Crippen molar-refractivity contribution in [2.24, 2.45) is 0 Å². The maximum atomic E-state index is 6.58. The smallest absolute Gasteiger partial charge is 0.133 e. The molecule has 0 N–H and O–H groups in total. The molecule has 1 unspecified atom stereocenters. The lowest BCUT2D eigenvalue weighted by Crippen LogP contribution is -1.97. The Morgan fingerprint density at radius 1 is 1.25 bits per heavy atom. The number of hydrogen-bond acceptors (Lipinski definition) is 2. The van der Waals surface area contributed by atoms with Crippen LogP contribution in [0, 0.1) is 0 Å². The molecular formula is C16H18BrClOS. The Morgan fingerprint density at radius 3 is 2.65 bits per heavy atom. The third-order valence-electron chi connectivity index (χ3n) is 2.99. The van der Waals surface area contributed by atoms with E-state index in [0.717, 1.165) is 35.2 Å². The third kappa shape index (κ3) is 3.78. The molecule has 0 aliphatic heterocycles. The summed E-state index contributed by atoms with van der Waals surface area (Å²) in [6.45, 7) is 4.99. The number of thiophene rings is 1. The van der Waals surface area contributed by atoms with Gasteiger partial charge in [0.1, 0.15) is 5.75 Å². The summed E-state index contributed by atoms with van der Waals surface area (Å²) in [6, 6.07) is 10.4. The minimum absolute atomic E-state index is 0.100. The molecule has 0 spiro atoms. The van der Waals surface area contributed by atoms with E-state index in [1.54, 1.807) is 11.3 Å². The van der Waals surface area contributed by atoms with E-state index in [2.05, 4.69) is 41.9 Å². The molecule has 2 rings (SSSR count). The quantitative estimate of drug-likeness (QED) is 0.548. The van der Waals surface area contributed by atoms with Crippen molar-refractivity contribution in [3.63, 3.8) is 0 Å². The van der Waals surface area contributed by atoms with Crippen LogP contribution in [0.5, 0.6) is 5.75 Å². The Morgan fingerprint density at radius 2 is 2.05 bits per heavy atom. The molecule has 0 aliphatic rings. The zero-order chi connectivity index (χ0) is 14.5. The first-order chi connectivity index (χ1) is 9.65. The van der Waals surface area contributed by atoms with Crippen molar-refractivity contribution >= 4 is 38.9 Å². The first-order valence-corrected chi connectivity index (χ1v) is 8.85. The molecule has 108 valence electrons. The minimum Gasteiger partial charge on any atom is -0.492 e. The Balaban J connectivity index is 2.17. The molecule has 1 heterocycles. The van der Waals surface area contributed by atoms with E-state index in [-0.39, 0.29) is 5.38 Å². The van der Waals surface area contributed by atoms with Crippen molar-refractivity contribution < 1.29 is 4.74 Å². The van der Waals surface area contributed by atoms with Gasteiger partial charge in [0.05, 0.1) is 16.5 Å².